The number of aryl methyl sites for hydroxylation is 2. The molecule has 130 valence electrons. The summed E-state index contributed by atoms with van der Waals surface area (Å²) in [6.07, 6.45) is 2.06. The average molecular weight is 358 g/mol. The molecule has 0 saturated heterocycles. The number of fused-ring (bicyclic) bond motifs is 3. The molecule has 0 amide bonds. The highest BCUT2D eigenvalue weighted by atomic mass is 32.2. The Balaban J connectivity index is 1.60. The smallest absolute Gasteiger partial charge is 0.240 e. The van der Waals surface area contributed by atoms with Crippen LogP contribution in [0.3, 0.4) is 0 Å². The Kier molecular flexibility index (Phi) is 3.89. The lowest BCUT2D eigenvalue weighted by molar-refractivity contribution is 0.506. The SMILES string of the molecule is Cc1ccc(S(=O)(=O)NC2CCc3[nH]c4cc(F)ccc4c3C2)cc1. The molecule has 3 aromatic rings. The highest BCUT2D eigenvalue weighted by Crippen LogP contribution is 2.30. The molecule has 0 spiro atoms. The number of halogens is 1. The van der Waals surface area contributed by atoms with Crippen LogP contribution in [-0.2, 0) is 22.9 Å². The summed E-state index contributed by atoms with van der Waals surface area (Å²) in [6.45, 7) is 1.92. The number of aromatic nitrogens is 1. The van der Waals surface area contributed by atoms with Gasteiger partial charge in [-0.1, -0.05) is 17.7 Å². The molecule has 1 aliphatic carbocycles. The van der Waals surface area contributed by atoms with Crippen LogP contribution < -0.4 is 4.72 Å². The van der Waals surface area contributed by atoms with Crippen molar-refractivity contribution in [3.8, 4) is 0 Å². The summed E-state index contributed by atoms with van der Waals surface area (Å²) in [4.78, 5) is 3.54. The Morgan fingerprint density at radius 2 is 1.92 bits per heavy atom. The first-order valence-electron chi connectivity index (χ1n) is 8.30. The van der Waals surface area contributed by atoms with E-state index in [2.05, 4.69) is 9.71 Å². The van der Waals surface area contributed by atoms with Gasteiger partial charge in [0.25, 0.3) is 0 Å². The molecule has 1 heterocycles. The van der Waals surface area contributed by atoms with Crippen LogP contribution in [0.2, 0.25) is 0 Å². The Labute approximate surface area is 146 Å². The van der Waals surface area contributed by atoms with Crippen molar-refractivity contribution in [3.05, 3.63) is 65.1 Å². The molecule has 1 aliphatic rings. The summed E-state index contributed by atoms with van der Waals surface area (Å²) in [5.41, 5.74) is 3.95. The molecule has 2 N–H and O–H groups in total. The summed E-state index contributed by atoms with van der Waals surface area (Å²) in [5.74, 6) is -0.275. The van der Waals surface area contributed by atoms with E-state index in [4.69, 9.17) is 0 Å². The number of hydrogen-bond acceptors (Lipinski definition) is 2. The van der Waals surface area contributed by atoms with Crippen LogP contribution in [0.4, 0.5) is 4.39 Å². The van der Waals surface area contributed by atoms with E-state index in [1.807, 2.05) is 6.92 Å². The number of sulfonamides is 1. The minimum Gasteiger partial charge on any atom is -0.358 e. The molecule has 0 radical (unpaired) electrons. The normalized spacial score (nSPS) is 17.6. The molecular formula is C19H19FN2O2S. The molecule has 1 unspecified atom stereocenters. The first kappa shape index (κ1) is 16.3. The lowest BCUT2D eigenvalue weighted by Gasteiger charge is -2.23. The van der Waals surface area contributed by atoms with Gasteiger partial charge in [-0.25, -0.2) is 17.5 Å². The maximum atomic E-state index is 13.4. The van der Waals surface area contributed by atoms with Gasteiger partial charge in [0.05, 0.1) is 4.90 Å². The molecule has 0 bridgehead atoms. The number of nitrogens with one attached hydrogen (secondary N) is 2. The fourth-order valence-electron chi connectivity index (χ4n) is 3.50. The maximum absolute atomic E-state index is 13.4. The van der Waals surface area contributed by atoms with Gasteiger partial charge >= 0.3 is 0 Å². The summed E-state index contributed by atoms with van der Waals surface area (Å²) in [7, 11) is -3.54. The van der Waals surface area contributed by atoms with Gasteiger partial charge in [-0.3, -0.25) is 0 Å². The molecule has 1 aromatic heterocycles. The number of H-pyrrole nitrogens is 1. The van der Waals surface area contributed by atoms with Crippen molar-refractivity contribution in [1.29, 1.82) is 0 Å². The Morgan fingerprint density at radius 3 is 2.68 bits per heavy atom. The third-order valence-corrected chi connectivity index (χ3v) is 6.34. The molecular weight excluding hydrogens is 339 g/mol. The van der Waals surface area contributed by atoms with Crippen molar-refractivity contribution in [1.82, 2.24) is 9.71 Å². The van der Waals surface area contributed by atoms with Crippen LogP contribution in [0.5, 0.6) is 0 Å². The Morgan fingerprint density at radius 1 is 1.16 bits per heavy atom. The predicted octanol–water partition coefficient (Wildman–Crippen LogP) is 3.45. The van der Waals surface area contributed by atoms with Crippen LogP contribution in [0.1, 0.15) is 23.2 Å². The topological polar surface area (TPSA) is 62.0 Å². The second kappa shape index (κ2) is 5.97. The number of rotatable bonds is 3. The van der Waals surface area contributed by atoms with E-state index in [-0.39, 0.29) is 16.8 Å². The molecule has 0 saturated carbocycles. The van der Waals surface area contributed by atoms with Crippen LogP contribution >= 0.6 is 0 Å². The predicted molar refractivity (Wildman–Crippen MR) is 95.6 cm³/mol. The van der Waals surface area contributed by atoms with E-state index >= 15 is 0 Å². The lowest BCUT2D eigenvalue weighted by atomic mass is 9.92. The largest absolute Gasteiger partial charge is 0.358 e. The van der Waals surface area contributed by atoms with Gasteiger partial charge < -0.3 is 4.98 Å². The van der Waals surface area contributed by atoms with Crippen LogP contribution in [0.25, 0.3) is 10.9 Å². The summed E-state index contributed by atoms with van der Waals surface area (Å²) < 4.78 is 41.4. The molecule has 4 nitrogen and oxygen atoms in total. The standard InChI is InChI=1S/C19H19FN2O2S/c1-12-2-6-15(7-3-12)25(23,24)22-14-5-9-18-17(11-14)16-8-4-13(20)10-19(16)21-18/h2-4,6-8,10,14,21-22H,5,9,11H2,1H3. The van der Waals surface area contributed by atoms with Crippen molar-refractivity contribution in [3.63, 3.8) is 0 Å². The second-order valence-electron chi connectivity index (χ2n) is 6.65. The van der Waals surface area contributed by atoms with E-state index in [0.717, 1.165) is 34.1 Å². The first-order chi connectivity index (χ1) is 11.9. The Bertz CT molecular complexity index is 1040. The van der Waals surface area contributed by atoms with E-state index in [9.17, 15) is 12.8 Å². The van der Waals surface area contributed by atoms with Gasteiger partial charge in [-0.15, -0.1) is 0 Å². The monoisotopic (exact) mass is 358 g/mol. The van der Waals surface area contributed by atoms with E-state index in [1.54, 1.807) is 30.3 Å². The number of hydrogen-bond donors (Lipinski definition) is 2. The molecule has 2 aromatic carbocycles. The van der Waals surface area contributed by atoms with E-state index < -0.39 is 10.0 Å². The minimum absolute atomic E-state index is 0.164. The lowest BCUT2D eigenvalue weighted by Crippen LogP contribution is -2.38. The maximum Gasteiger partial charge on any atom is 0.240 e. The minimum atomic E-state index is -3.54. The third kappa shape index (κ3) is 3.07. The second-order valence-corrected chi connectivity index (χ2v) is 8.36. The van der Waals surface area contributed by atoms with Gasteiger partial charge in [0, 0.05) is 22.6 Å². The third-order valence-electron chi connectivity index (χ3n) is 4.80. The summed E-state index contributed by atoms with van der Waals surface area (Å²) >= 11 is 0. The highest BCUT2D eigenvalue weighted by molar-refractivity contribution is 7.89. The van der Waals surface area contributed by atoms with E-state index in [0.29, 0.717) is 12.8 Å². The summed E-state index contributed by atoms with van der Waals surface area (Å²) in [5, 5.41) is 0.968. The van der Waals surface area contributed by atoms with Crippen molar-refractivity contribution < 1.29 is 12.8 Å². The number of aromatic amines is 1. The van der Waals surface area contributed by atoms with Crippen molar-refractivity contribution in [2.75, 3.05) is 0 Å². The molecule has 25 heavy (non-hydrogen) atoms. The van der Waals surface area contributed by atoms with Crippen LogP contribution in [0.15, 0.2) is 47.4 Å². The number of benzene rings is 2. The van der Waals surface area contributed by atoms with Crippen LogP contribution in [-0.4, -0.2) is 19.4 Å². The molecule has 6 heteroatoms. The van der Waals surface area contributed by atoms with Gasteiger partial charge in [0.1, 0.15) is 5.82 Å². The summed E-state index contributed by atoms with van der Waals surface area (Å²) in [6, 6.07) is 11.4. The van der Waals surface area contributed by atoms with Gasteiger partial charge in [-0.2, -0.15) is 0 Å². The Hall–Kier alpha value is -2.18. The average Bonchev–Trinajstić information content (AvgIpc) is 2.91. The first-order valence-corrected chi connectivity index (χ1v) is 9.79. The fraction of sp³-hybridized carbons (Fsp3) is 0.263. The highest BCUT2D eigenvalue weighted by Gasteiger charge is 2.26. The van der Waals surface area contributed by atoms with Crippen molar-refractivity contribution in [2.24, 2.45) is 0 Å². The van der Waals surface area contributed by atoms with Gasteiger partial charge in [0.2, 0.25) is 10.0 Å². The van der Waals surface area contributed by atoms with Crippen LogP contribution in [0, 0.1) is 12.7 Å². The zero-order valence-electron chi connectivity index (χ0n) is 13.8. The quantitative estimate of drug-likeness (QED) is 0.753. The molecule has 4 rings (SSSR count). The fourth-order valence-corrected chi connectivity index (χ4v) is 4.77. The zero-order chi connectivity index (χ0) is 17.6. The van der Waals surface area contributed by atoms with Crippen molar-refractivity contribution >= 4 is 20.9 Å². The van der Waals surface area contributed by atoms with Crippen molar-refractivity contribution in [2.45, 2.75) is 37.1 Å². The molecule has 1 atom stereocenters. The molecule has 0 aliphatic heterocycles. The zero-order valence-corrected chi connectivity index (χ0v) is 14.7. The van der Waals surface area contributed by atoms with Gasteiger partial charge in [-0.05, 0) is 62.1 Å². The van der Waals surface area contributed by atoms with E-state index in [1.165, 1.54) is 12.1 Å². The molecule has 0 fully saturated rings. The van der Waals surface area contributed by atoms with Gasteiger partial charge in [0.15, 0.2) is 0 Å².